The summed E-state index contributed by atoms with van der Waals surface area (Å²) in [5.41, 5.74) is 1.33. The second-order valence-corrected chi connectivity index (χ2v) is 4.93. The Morgan fingerprint density at radius 2 is 2.06 bits per heavy atom. The molecule has 94 valence electrons. The van der Waals surface area contributed by atoms with Gasteiger partial charge >= 0.3 is 0 Å². The van der Waals surface area contributed by atoms with Crippen molar-refractivity contribution in [3.8, 4) is 5.75 Å². The van der Waals surface area contributed by atoms with Crippen molar-refractivity contribution in [1.29, 1.82) is 0 Å². The first-order valence-corrected chi connectivity index (χ1v) is 6.17. The number of hydrogen-bond donors (Lipinski definition) is 1. The average Bonchev–Trinajstić information content (AvgIpc) is 2.71. The number of aliphatic hydroxyl groups is 1. The highest BCUT2D eigenvalue weighted by molar-refractivity contribution is 5.27. The van der Waals surface area contributed by atoms with Crippen LogP contribution in [-0.2, 0) is 6.42 Å². The summed E-state index contributed by atoms with van der Waals surface area (Å²) in [5.74, 6) is 1.35. The van der Waals surface area contributed by atoms with Crippen LogP contribution in [0.5, 0.6) is 5.75 Å². The van der Waals surface area contributed by atoms with Crippen molar-refractivity contribution in [3.63, 3.8) is 0 Å². The first kappa shape index (κ1) is 12.4. The summed E-state index contributed by atoms with van der Waals surface area (Å²) < 4.78 is 5.15. The predicted molar refractivity (Wildman–Crippen MR) is 68.3 cm³/mol. The zero-order chi connectivity index (χ0) is 12.3. The summed E-state index contributed by atoms with van der Waals surface area (Å²) in [5, 5.41) is 9.19. The molecule has 0 aliphatic carbocycles. The molecule has 0 amide bonds. The molecule has 1 aliphatic heterocycles. The number of aliphatic hydroxyl groups excluding tert-OH is 1. The normalized spacial score (nSPS) is 25.1. The first-order valence-electron chi connectivity index (χ1n) is 6.17. The number of ether oxygens (including phenoxy) is 1. The number of hydrogen-bond acceptors (Lipinski definition) is 3. The minimum Gasteiger partial charge on any atom is -0.497 e. The van der Waals surface area contributed by atoms with E-state index in [1.165, 1.54) is 5.56 Å². The molecule has 17 heavy (non-hydrogen) atoms. The zero-order valence-electron chi connectivity index (χ0n) is 10.6. The Morgan fingerprint density at radius 3 is 2.59 bits per heavy atom. The molecule has 2 unspecified atom stereocenters. The summed E-state index contributed by atoms with van der Waals surface area (Å²) in [6.07, 6.45) is 2.15. The van der Waals surface area contributed by atoms with Gasteiger partial charge in [-0.25, -0.2) is 0 Å². The third kappa shape index (κ3) is 2.99. The van der Waals surface area contributed by atoms with E-state index in [0.29, 0.717) is 18.6 Å². The predicted octanol–water partition coefficient (Wildman–Crippen LogP) is 1.55. The van der Waals surface area contributed by atoms with Gasteiger partial charge in [0.2, 0.25) is 0 Å². The highest BCUT2D eigenvalue weighted by Crippen LogP contribution is 2.24. The van der Waals surface area contributed by atoms with Gasteiger partial charge in [-0.15, -0.1) is 0 Å². The number of methoxy groups -OCH3 is 1. The standard InChI is InChI=1S/C14H21NO2/c1-15-9-12(10-16)8-13(15)7-11-3-5-14(17-2)6-4-11/h3-6,12-13,16H,7-10H2,1-2H3. The van der Waals surface area contributed by atoms with Gasteiger partial charge in [-0.1, -0.05) is 12.1 Å². The van der Waals surface area contributed by atoms with Crippen LogP contribution < -0.4 is 4.74 Å². The van der Waals surface area contributed by atoms with Crippen LogP contribution in [0.25, 0.3) is 0 Å². The van der Waals surface area contributed by atoms with Crippen molar-refractivity contribution in [1.82, 2.24) is 4.90 Å². The number of likely N-dealkylation sites (tertiary alicyclic amines) is 1. The lowest BCUT2D eigenvalue weighted by Crippen LogP contribution is -2.26. The van der Waals surface area contributed by atoms with Gasteiger partial charge in [0.05, 0.1) is 7.11 Å². The molecule has 1 aromatic rings. The molecule has 1 saturated heterocycles. The molecular formula is C14H21NO2. The van der Waals surface area contributed by atoms with Crippen LogP contribution in [0, 0.1) is 5.92 Å². The van der Waals surface area contributed by atoms with Crippen LogP contribution in [0.3, 0.4) is 0 Å². The molecule has 1 heterocycles. The van der Waals surface area contributed by atoms with Crippen LogP contribution >= 0.6 is 0 Å². The van der Waals surface area contributed by atoms with Crippen molar-refractivity contribution >= 4 is 0 Å². The largest absolute Gasteiger partial charge is 0.497 e. The summed E-state index contributed by atoms with van der Waals surface area (Å²) >= 11 is 0. The lowest BCUT2D eigenvalue weighted by atomic mass is 10.0. The summed E-state index contributed by atoms with van der Waals surface area (Å²) in [6, 6.07) is 8.82. The van der Waals surface area contributed by atoms with Gasteiger partial charge in [-0.2, -0.15) is 0 Å². The highest BCUT2D eigenvalue weighted by atomic mass is 16.5. The molecule has 0 bridgehead atoms. The molecule has 0 spiro atoms. The molecule has 3 nitrogen and oxygen atoms in total. The van der Waals surface area contributed by atoms with Crippen LogP contribution in [0.2, 0.25) is 0 Å². The molecule has 1 fully saturated rings. The smallest absolute Gasteiger partial charge is 0.118 e. The monoisotopic (exact) mass is 235 g/mol. The van der Waals surface area contributed by atoms with Gasteiger partial charge < -0.3 is 14.7 Å². The fourth-order valence-electron chi connectivity index (χ4n) is 2.60. The van der Waals surface area contributed by atoms with Crippen LogP contribution in [0.4, 0.5) is 0 Å². The fraction of sp³-hybridized carbons (Fsp3) is 0.571. The van der Waals surface area contributed by atoms with Crippen molar-refractivity contribution in [2.45, 2.75) is 18.9 Å². The van der Waals surface area contributed by atoms with E-state index in [9.17, 15) is 5.11 Å². The van der Waals surface area contributed by atoms with Gasteiger partial charge in [0.15, 0.2) is 0 Å². The number of rotatable bonds is 4. The van der Waals surface area contributed by atoms with E-state index < -0.39 is 0 Å². The third-order valence-electron chi connectivity index (χ3n) is 3.66. The van der Waals surface area contributed by atoms with Gasteiger partial charge in [0.25, 0.3) is 0 Å². The molecule has 1 aromatic carbocycles. The topological polar surface area (TPSA) is 32.7 Å². The SMILES string of the molecule is COc1ccc(CC2CC(CO)CN2C)cc1. The van der Waals surface area contributed by atoms with E-state index in [1.807, 2.05) is 12.1 Å². The summed E-state index contributed by atoms with van der Waals surface area (Å²) in [6.45, 7) is 1.32. The third-order valence-corrected chi connectivity index (χ3v) is 3.66. The highest BCUT2D eigenvalue weighted by Gasteiger charge is 2.28. The quantitative estimate of drug-likeness (QED) is 0.859. The molecular weight excluding hydrogens is 214 g/mol. The van der Waals surface area contributed by atoms with Gasteiger partial charge in [-0.05, 0) is 43.5 Å². The Kier molecular flexibility index (Phi) is 4.02. The van der Waals surface area contributed by atoms with Crippen LogP contribution in [-0.4, -0.2) is 43.4 Å². The maximum absolute atomic E-state index is 9.19. The van der Waals surface area contributed by atoms with Gasteiger partial charge in [0.1, 0.15) is 5.75 Å². The molecule has 1 N–H and O–H groups in total. The van der Waals surface area contributed by atoms with Crippen LogP contribution in [0.1, 0.15) is 12.0 Å². The van der Waals surface area contributed by atoms with E-state index >= 15 is 0 Å². The fourth-order valence-corrected chi connectivity index (χ4v) is 2.60. The minimum atomic E-state index is 0.309. The molecule has 0 radical (unpaired) electrons. The maximum Gasteiger partial charge on any atom is 0.118 e. The van der Waals surface area contributed by atoms with E-state index in [1.54, 1.807) is 7.11 Å². The zero-order valence-corrected chi connectivity index (χ0v) is 10.6. The molecule has 2 atom stereocenters. The van der Waals surface area contributed by atoms with E-state index in [-0.39, 0.29) is 0 Å². The minimum absolute atomic E-state index is 0.309. The van der Waals surface area contributed by atoms with Crippen LogP contribution in [0.15, 0.2) is 24.3 Å². The van der Waals surface area contributed by atoms with E-state index in [4.69, 9.17) is 4.74 Å². The Hall–Kier alpha value is -1.06. The molecule has 1 aliphatic rings. The van der Waals surface area contributed by atoms with Crippen molar-refractivity contribution in [2.75, 3.05) is 27.3 Å². The lowest BCUT2D eigenvalue weighted by molar-refractivity contribution is 0.227. The van der Waals surface area contributed by atoms with E-state index in [0.717, 1.165) is 25.1 Å². The lowest BCUT2D eigenvalue weighted by Gasteiger charge is -2.19. The number of benzene rings is 1. The van der Waals surface area contributed by atoms with Gasteiger partial charge in [-0.3, -0.25) is 0 Å². The Morgan fingerprint density at radius 1 is 1.35 bits per heavy atom. The first-order chi connectivity index (χ1) is 8.22. The Labute approximate surface area is 103 Å². The molecule has 0 saturated carbocycles. The number of nitrogens with zero attached hydrogens (tertiary/aromatic N) is 1. The van der Waals surface area contributed by atoms with Crippen molar-refractivity contribution in [3.05, 3.63) is 29.8 Å². The maximum atomic E-state index is 9.19. The molecule has 0 aromatic heterocycles. The Bertz CT molecular complexity index is 350. The van der Waals surface area contributed by atoms with Crippen molar-refractivity contribution in [2.24, 2.45) is 5.92 Å². The van der Waals surface area contributed by atoms with E-state index in [2.05, 4.69) is 24.1 Å². The number of likely N-dealkylation sites (N-methyl/N-ethyl adjacent to an activating group) is 1. The summed E-state index contributed by atoms with van der Waals surface area (Å²) in [7, 11) is 3.83. The van der Waals surface area contributed by atoms with Gasteiger partial charge in [0, 0.05) is 19.2 Å². The summed E-state index contributed by atoms with van der Waals surface area (Å²) in [4.78, 5) is 2.35. The molecule has 2 rings (SSSR count). The Balaban J connectivity index is 1.96. The molecule has 3 heteroatoms. The van der Waals surface area contributed by atoms with Crippen molar-refractivity contribution < 1.29 is 9.84 Å². The average molecular weight is 235 g/mol. The second-order valence-electron chi connectivity index (χ2n) is 4.93. The second kappa shape index (κ2) is 5.52.